The molecule has 8 heteroatoms. The Morgan fingerprint density at radius 1 is 1.25 bits per heavy atom. The maximum Gasteiger partial charge on any atom is 0.245 e. The molecule has 0 unspecified atom stereocenters. The Morgan fingerprint density at radius 3 is 2.64 bits per heavy atom. The van der Waals surface area contributed by atoms with Crippen LogP contribution in [0.3, 0.4) is 0 Å². The largest absolute Gasteiger partial charge is 0.392 e. The van der Waals surface area contributed by atoms with Crippen molar-refractivity contribution < 1.29 is 9.90 Å². The van der Waals surface area contributed by atoms with E-state index in [9.17, 15) is 9.90 Å². The number of aromatic nitrogens is 4. The summed E-state index contributed by atoms with van der Waals surface area (Å²) in [5.41, 5.74) is 7.78. The first-order valence-electron chi connectivity index (χ1n) is 12.2. The van der Waals surface area contributed by atoms with Crippen molar-refractivity contribution in [3.05, 3.63) is 71.0 Å². The molecule has 2 N–H and O–H groups in total. The summed E-state index contributed by atoms with van der Waals surface area (Å²) in [7, 11) is 0. The van der Waals surface area contributed by atoms with Gasteiger partial charge in [-0.05, 0) is 50.0 Å². The fraction of sp³-hybridized carbons (Fsp3) is 0.321. The fourth-order valence-corrected chi connectivity index (χ4v) is 6.26. The Hall–Kier alpha value is -3.42. The Labute approximate surface area is 214 Å². The van der Waals surface area contributed by atoms with Gasteiger partial charge in [-0.1, -0.05) is 42.4 Å². The van der Waals surface area contributed by atoms with Crippen LogP contribution in [-0.2, 0) is 11.4 Å². The summed E-state index contributed by atoms with van der Waals surface area (Å²) in [5, 5.41) is 23.7. The SMILES string of the molecule is C=CC(=O)N1CC2(CC(n3nc(-c4ccc(CO)cc4)c(-c4c(Cl)c(C)cc5[nH]ncc45)c3C)C2)C1. The minimum absolute atomic E-state index is 0.00448. The van der Waals surface area contributed by atoms with E-state index in [4.69, 9.17) is 16.7 Å². The van der Waals surface area contributed by atoms with E-state index in [2.05, 4.69) is 28.4 Å². The van der Waals surface area contributed by atoms with E-state index in [1.807, 2.05) is 48.4 Å². The monoisotopic (exact) mass is 501 g/mol. The number of amides is 1. The highest BCUT2D eigenvalue weighted by Gasteiger charge is 2.54. The summed E-state index contributed by atoms with van der Waals surface area (Å²) in [6.45, 7) is 9.29. The average Bonchev–Trinajstić information content (AvgIpc) is 3.42. The van der Waals surface area contributed by atoms with Crippen molar-refractivity contribution in [3.8, 4) is 22.4 Å². The van der Waals surface area contributed by atoms with Crippen LogP contribution in [0.5, 0.6) is 0 Å². The van der Waals surface area contributed by atoms with E-state index in [1.54, 1.807) is 0 Å². The number of carbonyl (C=O) groups is 1. The van der Waals surface area contributed by atoms with Crippen molar-refractivity contribution in [2.45, 2.75) is 39.3 Å². The van der Waals surface area contributed by atoms with Gasteiger partial charge in [-0.3, -0.25) is 14.6 Å². The van der Waals surface area contributed by atoms with Gasteiger partial charge in [0.05, 0.1) is 29.4 Å². The third-order valence-electron chi connectivity index (χ3n) is 7.90. The van der Waals surface area contributed by atoms with Crippen LogP contribution in [-0.4, -0.2) is 49.0 Å². The molecule has 7 nitrogen and oxygen atoms in total. The predicted octanol–water partition coefficient (Wildman–Crippen LogP) is 5.21. The van der Waals surface area contributed by atoms with Crippen molar-refractivity contribution in [2.75, 3.05) is 13.1 Å². The lowest BCUT2D eigenvalue weighted by molar-refractivity contribution is -0.149. The maximum atomic E-state index is 11.9. The van der Waals surface area contributed by atoms with Gasteiger partial charge in [-0.25, -0.2) is 0 Å². The highest BCUT2D eigenvalue weighted by molar-refractivity contribution is 6.36. The molecule has 0 radical (unpaired) electrons. The molecule has 3 heterocycles. The molecule has 0 atom stereocenters. The lowest BCUT2D eigenvalue weighted by atomic mass is 9.60. The maximum absolute atomic E-state index is 11.9. The van der Waals surface area contributed by atoms with E-state index < -0.39 is 0 Å². The third-order valence-corrected chi connectivity index (χ3v) is 8.38. The number of halogens is 1. The molecule has 36 heavy (non-hydrogen) atoms. The summed E-state index contributed by atoms with van der Waals surface area (Å²) in [5.74, 6) is 0.00783. The number of hydrogen-bond acceptors (Lipinski definition) is 4. The first kappa shape index (κ1) is 23.0. The number of aryl methyl sites for hydroxylation is 1. The van der Waals surface area contributed by atoms with Crippen molar-refractivity contribution in [1.82, 2.24) is 24.9 Å². The van der Waals surface area contributed by atoms with Gasteiger partial charge in [0.15, 0.2) is 0 Å². The highest BCUT2D eigenvalue weighted by Crippen LogP contribution is 2.55. The van der Waals surface area contributed by atoms with Crippen LogP contribution in [0.2, 0.25) is 5.02 Å². The lowest BCUT2D eigenvalue weighted by Crippen LogP contribution is -2.63. The number of hydrogen-bond donors (Lipinski definition) is 2. The standard InChI is InChI=1S/C28H28ClN5O2/c1-4-23(36)33-14-28(15-33)10-20(11-28)34-17(3)24(27(32-34)19-7-5-18(13-35)6-8-19)25-21-12-30-31-22(21)9-16(2)26(25)29/h4-9,12,20,35H,1,10-11,13-15H2,2-3H3,(H,30,31). The van der Waals surface area contributed by atoms with E-state index in [0.29, 0.717) is 5.02 Å². The van der Waals surface area contributed by atoms with Crippen molar-refractivity contribution in [1.29, 1.82) is 0 Å². The number of nitrogens with zero attached hydrogens (tertiary/aromatic N) is 4. The second-order valence-electron chi connectivity index (χ2n) is 10.3. The molecule has 1 spiro atoms. The van der Waals surface area contributed by atoms with Crippen molar-refractivity contribution in [2.24, 2.45) is 5.41 Å². The predicted molar refractivity (Wildman–Crippen MR) is 141 cm³/mol. The number of carbonyl (C=O) groups excluding carboxylic acids is 1. The number of likely N-dealkylation sites (tertiary alicyclic amines) is 1. The van der Waals surface area contributed by atoms with Gasteiger partial charge in [0.2, 0.25) is 5.91 Å². The summed E-state index contributed by atoms with van der Waals surface area (Å²) in [4.78, 5) is 13.8. The molecule has 1 saturated carbocycles. The van der Waals surface area contributed by atoms with Crippen molar-refractivity contribution in [3.63, 3.8) is 0 Å². The van der Waals surface area contributed by atoms with Crippen LogP contribution in [0.4, 0.5) is 0 Å². The second-order valence-corrected chi connectivity index (χ2v) is 10.7. The number of benzene rings is 2. The van der Waals surface area contributed by atoms with E-state index in [0.717, 1.165) is 76.0 Å². The van der Waals surface area contributed by atoms with Crippen molar-refractivity contribution >= 4 is 28.4 Å². The van der Waals surface area contributed by atoms with Crippen LogP contribution < -0.4 is 0 Å². The number of nitrogens with one attached hydrogen (secondary N) is 1. The highest BCUT2D eigenvalue weighted by atomic mass is 35.5. The normalized spacial score (nSPS) is 16.8. The van der Waals surface area contributed by atoms with Crippen LogP contribution in [0.15, 0.2) is 49.2 Å². The van der Waals surface area contributed by atoms with Gasteiger partial charge in [0.1, 0.15) is 5.69 Å². The Kier molecular flexibility index (Phi) is 5.32. The molecule has 2 aromatic carbocycles. The number of H-pyrrole nitrogens is 1. The van der Waals surface area contributed by atoms with E-state index in [-0.39, 0.29) is 24.0 Å². The number of aromatic amines is 1. The average molecular weight is 502 g/mol. The van der Waals surface area contributed by atoms with Gasteiger partial charge in [0, 0.05) is 46.3 Å². The Bertz CT molecular complexity index is 1500. The van der Waals surface area contributed by atoms with Gasteiger partial charge in [-0.15, -0.1) is 0 Å². The van der Waals surface area contributed by atoms with E-state index in [1.165, 1.54) is 6.08 Å². The van der Waals surface area contributed by atoms with Crippen LogP contribution in [0.1, 0.15) is 35.7 Å². The quantitative estimate of drug-likeness (QED) is 0.368. The zero-order valence-electron chi connectivity index (χ0n) is 20.4. The molecule has 1 saturated heterocycles. The Balaban J connectivity index is 1.45. The molecule has 1 aliphatic carbocycles. The van der Waals surface area contributed by atoms with E-state index >= 15 is 0 Å². The van der Waals surface area contributed by atoms with Gasteiger partial charge in [0.25, 0.3) is 0 Å². The number of aliphatic hydroxyl groups excluding tert-OH is 1. The first-order chi connectivity index (χ1) is 17.3. The lowest BCUT2D eigenvalue weighted by Gasteiger charge is -2.58. The summed E-state index contributed by atoms with van der Waals surface area (Å²) >= 11 is 6.96. The smallest absolute Gasteiger partial charge is 0.245 e. The fourth-order valence-electron chi connectivity index (χ4n) is 6.01. The van der Waals surface area contributed by atoms with Crippen LogP contribution in [0.25, 0.3) is 33.3 Å². The Morgan fingerprint density at radius 2 is 1.97 bits per heavy atom. The molecule has 2 fully saturated rings. The van der Waals surface area contributed by atoms with Crippen LogP contribution >= 0.6 is 11.6 Å². The first-order valence-corrected chi connectivity index (χ1v) is 12.5. The van der Waals surface area contributed by atoms with Crippen LogP contribution in [0, 0.1) is 19.3 Å². The molecular weight excluding hydrogens is 474 g/mol. The minimum atomic E-state index is -0.00448. The molecule has 1 amide bonds. The molecule has 4 aromatic rings. The summed E-state index contributed by atoms with van der Waals surface area (Å²) in [6, 6.07) is 10.1. The number of fused-ring (bicyclic) bond motifs is 1. The second kappa shape index (κ2) is 8.32. The van der Waals surface area contributed by atoms with Gasteiger partial charge < -0.3 is 10.0 Å². The van der Waals surface area contributed by atoms with Gasteiger partial charge >= 0.3 is 0 Å². The third kappa shape index (κ3) is 3.41. The number of aliphatic hydroxyl groups is 1. The summed E-state index contributed by atoms with van der Waals surface area (Å²) in [6.07, 6.45) is 5.19. The summed E-state index contributed by atoms with van der Waals surface area (Å²) < 4.78 is 2.15. The number of rotatable bonds is 5. The molecule has 6 rings (SSSR count). The van der Waals surface area contributed by atoms with Gasteiger partial charge in [-0.2, -0.15) is 10.2 Å². The molecular formula is C28H28ClN5O2. The minimum Gasteiger partial charge on any atom is -0.392 e. The topological polar surface area (TPSA) is 87.0 Å². The molecule has 184 valence electrons. The zero-order valence-corrected chi connectivity index (χ0v) is 21.1. The molecule has 2 aromatic heterocycles. The zero-order chi connectivity index (χ0) is 25.2. The molecule has 2 aliphatic rings. The molecule has 1 aliphatic heterocycles. The molecule has 0 bridgehead atoms.